The molecule has 0 bridgehead atoms. The van der Waals surface area contributed by atoms with Crippen molar-refractivity contribution >= 4 is 23.0 Å². The Morgan fingerprint density at radius 1 is 1.42 bits per heavy atom. The molecule has 0 fully saturated rings. The third-order valence-corrected chi connectivity index (χ3v) is 2.38. The molecule has 3 rings (SSSR count). The molecule has 8 heteroatoms. The van der Waals surface area contributed by atoms with Gasteiger partial charge in [0.25, 0.3) is 0 Å². The van der Waals surface area contributed by atoms with Gasteiger partial charge in [0.15, 0.2) is 18.2 Å². The molecule has 3 heterocycles. The van der Waals surface area contributed by atoms with Gasteiger partial charge in [-0.2, -0.15) is 0 Å². The first kappa shape index (κ1) is 11.2. The van der Waals surface area contributed by atoms with Crippen LogP contribution in [-0.4, -0.2) is 32.6 Å². The predicted molar refractivity (Wildman–Crippen MR) is 64.3 cm³/mol. The summed E-state index contributed by atoms with van der Waals surface area (Å²) >= 11 is 0. The van der Waals surface area contributed by atoms with Crippen LogP contribution in [0.15, 0.2) is 35.5 Å². The van der Waals surface area contributed by atoms with E-state index in [0.717, 1.165) is 0 Å². The number of aromatic amines is 1. The molecule has 0 amide bonds. The van der Waals surface area contributed by atoms with Gasteiger partial charge in [0, 0.05) is 0 Å². The van der Waals surface area contributed by atoms with Crippen molar-refractivity contribution in [2.75, 3.05) is 12.0 Å². The summed E-state index contributed by atoms with van der Waals surface area (Å²) in [5, 5.41) is 2.85. The molecule has 0 radical (unpaired) electrons. The van der Waals surface area contributed by atoms with E-state index >= 15 is 0 Å². The normalized spacial score (nSPS) is 10.5. The molecule has 0 aromatic carbocycles. The highest BCUT2D eigenvalue weighted by molar-refractivity contribution is 5.86. The Bertz CT molecular complexity index is 691. The third kappa shape index (κ3) is 2.23. The van der Waals surface area contributed by atoms with Crippen molar-refractivity contribution in [3.8, 4) is 0 Å². The maximum absolute atomic E-state index is 11.5. The summed E-state index contributed by atoms with van der Waals surface area (Å²) in [4.78, 5) is 26.4. The van der Waals surface area contributed by atoms with Crippen LogP contribution in [0.3, 0.4) is 0 Å². The van der Waals surface area contributed by atoms with Crippen molar-refractivity contribution in [1.82, 2.24) is 19.9 Å². The van der Waals surface area contributed by atoms with E-state index in [-0.39, 0.29) is 12.5 Å². The minimum Gasteiger partial charge on any atom is -0.457 e. The largest absolute Gasteiger partial charge is 0.457 e. The highest BCUT2D eigenvalue weighted by Gasteiger charge is 2.10. The number of hydrogen-bond donors (Lipinski definition) is 2. The van der Waals surface area contributed by atoms with Gasteiger partial charge in [-0.1, -0.05) is 0 Å². The van der Waals surface area contributed by atoms with Gasteiger partial charge in [-0.25, -0.2) is 19.7 Å². The Morgan fingerprint density at radius 2 is 2.37 bits per heavy atom. The van der Waals surface area contributed by atoms with E-state index < -0.39 is 5.97 Å². The summed E-state index contributed by atoms with van der Waals surface area (Å²) in [6.45, 7) is -0.0431. The van der Waals surface area contributed by atoms with E-state index in [1.807, 2.05) is 0 Å². The number of nitrogens with one attached hydrogen (secondary N) is 2. The molecule has 3 aromatic heterocycles. The van der Waals surface area contributed by atoms with Crippen LogP contribution in [0.25, 0.3) is 11.2 Å². The van der Waals surface area contributed by atoms with Crippen molar-refractivity contribution in [2.24, 2.45) is 0 Å². The molecule has 0 spiro atoms. The third-order valence-electron chi connectivity index (χ3n) is 2.38. The highest BCUT2D eigenvalue weighted by atomic mass is 16.6. The van der Waals surface area contributed by atoms with Gasteiger partial charge in [0.1, 0.15) is 11.8 Å². The molecule has 2 N–H and O–H groups in total. The van der Waals surface area contributed by atoms with Crippen molar-refractivity contribution < 1.29 is 13.9 Å². The molecular weight excluding hydrogens is 250 g/mol. The summed E-state index contributed by atoms with van der Waals surface area (Å²) in [5.41, 5.74) is 1.19. The van der Waals surface area contributed by atoms with E-state index in [1.165, 1.54) is 25.0 Å². The van der Waals surface area contributed by atoms with E-state index in [0.29, 0.717) is 17.0 Å². The number of carbonyl (C=O) groups excluding carboxylic acids is 1. The van der Waals surface area contributed by atoms with E-state index in [4.69, 9.17) is 9.15 Å². The lowest BCUT2D eigenvalue weighted by Gasteiger charge is -2.05. The molecular formula is C11H9N5O3. The fourth-order valence-corrected chi connectivity index (χ4v) is 1.53. The zero-order valence-corrected chi connectivity index (χ0v) is 9.66. The molecule has 8 nitrogen and oxygen atoms in total. The quantitative estimate of drug-likeness (QED) is 0.535. The average Bonchev–Trinajstić information content (AvgIpc) is 3.10. The lowest BCUT2D eigenvalue weighted by Crippen LogP contribution is -2.13. The number of fused-ring (bicyclic) bond motifs is 1. The summed E-state index contributed by atoms with van der Waals surface area (Å²) in [6.07, 6.45) is 4.30. The smallest absolute Gasteiger partial charge is 0.375 e. The molecule has 0 aliphatic heterocycles. The number of hydrogen-bond acceptors (Lipinski definition) is 7. The van der Waals surface area contributed by atoms with Crippen molar-refractivity contribution in [3.63, 3.8) is 0 Å². The number of rotatable bonds is 4. The van der Waals surface area contributed by atoms with Gasteiger partial charge in [-0.15, -0.1) is 0 Å². The van der Waals surface area contributed by atoms with Crippen molar-refractivity contribution in [2.45, 2.75) is 0 Å². The number of anilines is 1. The van der Waals surface area contributed by atoms with Crippen LogP contribution in [0, 0.1) is 0 Å². The Kier molecular flexibility index (Phi) is 2.81. The topological polar surface area (TPSA) is 106 Å². The second-order valence-electron chi connectivity index (χ2n) is 3.55. The maximum atomic E-state index is 11.5. The van der Waals surface area contributed by atoms with E-state index in [1.54, 1.807) is 6.07 Å². The average molecular weight is 259 g/mol. The van der Waals surface area contributed by atoms with Crippen LogP contribution in [-0.2, 0) is 4.74 Å². The van der Waals surface area contributed by atoms with Crippen LogP contribution < -0.4 is 5.32 Å². The maximum Gasteiger partial charge on any atom is 0.375 e. The number of furan rings is 1. The molecule has 0 aliphatic rings. The SMILES string of the molecule is O=C(OCNc1ncnc2[nH]cnc12)c1ccco1. The number of carbonyl (C=O) groups is 1. The fraction of sp³-hybridized carbons (Fsp3) is 0.0909. The summed E-state index contributed by atoms with van der Waals surface area (Å²) in [5.74, 6) is 0.0812. The number of aromatic nitrogens is 4. The van der Waals surface area contributed by atoms with Crippen LogP contribution in [0.1, 0.15) is 10.6 Å². The van der Waals surface area contributed by atoms with Gasteiger partial charge in [-0.3, -0.25) is 0 Å². The van der Waals surface area contributed by atoms with Crippen molar-refractivity contribution in [1.29, 1.82) is 0 Å². The molecule has 96 valence electrons. The number of esters is 1. The monoisotopic (exact) mass is 259 g/mol. The van der Waals surface area contributed by atoms with Gasteiger partial charge < -0.3 is 19.5 Å². The second kappa shape index (κ2) is 4.77. The Balaban J connectivity index is 1.64. The number of nitrogens with zero attached hydrogens (tertiary/aromatic N) is 3. The molecule has 19 heavy (non-hydrogen) atoms. The van der Waals surface area contributed by atoms with Crippen LogP contribution in [0.2, 0.25) is 0 Å². The lowest BCUT2D eigenvalue weighted by molar-refractivity contribution is 0.0497. The summed E-state index contributed by atoms with van der Waals surface area (Å²) < 4.78 is 9.88. The first-order chi connectivity index (χ1) is 9.34. The number of H-pyrrole nitrogens is 1. The zero-order chi connectivity index (χ0) is 13.1. The van der Waals surface area contributed by atoms with Gasteiger partial charge in [0.05, 0.1) is 12.6 Å². The first-order valence-corrected chi connectivity index (χ1v) is 5.43. The molecule has 0 aliphatic carbocycles. The first-order valence-electron chi connectivity index (χ1n) is 5.43. The summed E-state index contributed by atoms with van der Waals surface area (Å²) in [7, 11) is 0. The molecule has 0 atom stereocenters. The standard InChI is InChI=1S/C11H9N5O3/c17-11(7-2-1-3-18-7)19-6-16-10-8-9(13-4-12-8)14-5-15-10/h1-5H,6H2,(H2,12,13,14,15,16). The highest BCUT2D eigenvalue weighted by Crippen LogP contribution is 2.14. The molecule has 0 unspecified atom stereocenters. The van der Waals surface area contributed by atoms with E-state index in [9.17, 15) is 4.79 Å². The molecule has 0 saturated heterocycles. The van der Waals surface area contributed by atoms with Gasteiger partial charge >= 0.3 is 5.97 Å². The van der Waals surface area contributed by atoms with Crippen LogP contribution in [0.5, 0.6) is 0 Å². The second-order valence-corrected chi connectivity index (χ2v) is 3.55. The number of imidazole rings is 1. The lowest BCUT2D eigenvalue weighted by atomic mass is 10.5. The summed E-state index contributed by atoms with van der Waals surface area (Å²) in [6, 6.07) is 3.14. The minimum absolute atomic E-state index is 0.0431. The van der Waals surface area contributed by atoms with Crippen LogP contribution in [0.4, 0.5) is 5.82 Å². The van der Waals surface area contributed by atoms with Crippen molar-refractivity contribution in [3.05, 3.63) is 36.8 Å². The zero-order valence-electron chi connectivity index (χ0n) is 9.66. The van der Waals surface area contributed by atoms with Gasteiger partial charge in [0.2, 0.25) is 5.76 Å². The Labute approximate surface area is 106 Å². The molecule has 3 aromatic rings. The minimum atomic E-state index is -0.551. The Hall–Kier alpha value is -2.90. The fourth-order valence-electron chi connectivity index (χ4n) is 1.53. The molecule has 0 saturated carbocycles. The Morgan fingerprint density at radius 3 is 3.21 bits per heavy atom. The number of ether oxygens (including phenoxy) is 1. The predicted octanol–water partition coefficient (Wildman–Crippen LogP) is 1.17. The van der Waals surface area contributed by atoms with Gasteiger partial charge in [-0.05, 0) is 12.1 Å². The van der Waals surface area contributed by atoms with Crippen LogP contribution >= 0.6 is 0 Å². The van der Waals surface area contributed by atoms with E-state index in [2.05, 4.69) is 25.3 Å².